The van der Waals surface area contributed by atoms with Gasteiger partial charge >= 0.3 is 0 Å². The predicted molar refractivity (Wildman–Crippen MR) is 113 cm³/mol. The van der Waals surface area contributed by atoms with Gasteiger partial charge in [0.2, 0.25) is 11.8 Å². The summed E-state index contributed by atoms with van der Waals surface area (Å²) in [6.07, 6.45) is 7.51. The molecule has 1 aliphatic heterocycles. The summed E-state index contributed by atoms with van der Waals surface area (Å²) in [7, 11) is 1.73. The second-order valence-corrected chi connectivity index (χ2v) is 7.79. The van der Waals surface area contributed by atoms with E-state index in [0.29, 0.717) is 19.0 Å². The van der Waals surface area contributed by atoms with Gasteiger partial charge in [-0.3, -0.25) is 19.5 Å². The van der Waals surface area contributed by atoms with Gasteiger partial charge in [-0.15, -0.1) is 24.0 Å². The van der Waals surface area contributed by atoms with Crippen LogP contribution in [0.15, 0.2) is 17.1 Å². The Labute approximate surface area is 173 Å². The quantitative estimate of drug-likeness (QED) is 0.148. The van der Waals surface area contributed by atoms with Crippen molar-refractivity contribution in [3.63, 3.8) is 0 Å². The van der Waals surface area contributed by atoms with E-state index < -0.39 is 0 Å². The fourth-order valence-electron chi connectivity index (χ4n) is 4.41. The summed E-state index contributed by atoms with van der Waals surface area (Å²) >= 11 is 0. The number of hydrogen-bond donors (Lipinski definition) is 2. The number of likely N-dealkylation sites (tertiary alicyclic amines) is 1. The van der Waals surface area contributed by atoms with E-state index in [1.807, 2.05) is 0 Å². The number of fused-ring (bicyclic) bond motifs is 5. The van der Waals surface area contributed by atoms with E-state index in [1.165, 1.54) is 11.3 Å². The molecule has 0 aromatic carbocycles. The van der Waals surface area contributed by atoms with Crippen molar-refractivity contribution in [2.45, 2.75) is 33.1 Å². The number of guanidine groups is 1. The highest BCUT2D eigenvalue weighted by atomic mass is 127. The Morgan fingerprint density at radius 1 is 1.15 bits per heavy atom. The Morgan fingerprint density at radius 2 is 1.73 bits per heavy atom. The predicted octanol–water partition coefficient (Wildman–Crippen LogP) is 2.01. The molecule has 146 valence electrons. The first-order valence-electron chi connectivity index (χ1n) is 9.51. The molecule has 0 aromatic rings. The molecular formula is C19H31IN4O2. The Balaban J connectivity index is 0.00000243. The lowest BCUT2D eigenvalue weighted by Gasteiger charge is -2.18. The second-order valence-electron chi connectivity index (χ2n) is 7.79. The molecule has 1 saturated carbocycles. The molecule has 4 atom stereocenters. The third-order valence-electron chi connectivity index (χ3n) is 5.66. The van der Waals surface area contributed by atoms with Crippen LogP contribution in [0.5, 0.6) is 0 Å². The number of aliphatic imine (C=N–C) groups is 1. The minimum atomic E-state index is -0.101. The van der Waals surface area contributed by atoms with Crippen LogP contribution in [-0.2, 0) is 9.59 Å². The molecule has 6 nitrogen and oxygen atoms in total. The lowest BCUT2D eigenvalue weighted by molar-refractivity contribution is -0.140. The molecule has 0 radical (unpaired) electrons. The van der Waals surface area contributed by atoms with Crippen molar-refractivity contribution in [3.05, 3.63) is 12.2 Å². The fourth-order valence-corrected chi connectivity index (χ4v) is 4.41. The summed E-state index contributed by atoms with van der Waals surface area (Å²) < 4.78 is 0. The molecule has 2 fully saturated rings. The van der Waals surface area contributed by atoms with Crippen LogP contribution in [0.3, 0.4) is 0 Å². The molecule has 26 heavy (non-hydrogen) atoms. The van der Waals surface area contributed by atoms with Crippen molar-refractivity contribution in [2.75, 3.05) is 26.7 Å². The van der Waals surface area contributed by atoms with Gasteiger partial charge in [-0.2, -0.15) is 0 Å². The van der Waals surface area contributed by atoms with Crippen LogP contribution in [0.1, 0.15) is 33.1 Å². The number of imide groups is 1. The zero-order chi connectivity index (χ0) is 18.0. The van der Waals surface area contributed by atoms with Crippen molar-refractivity contribution in [3.8, 4) is 0 Å². The standard InChI is InChI=1S/C19H30N4O2.HI/c1-12(2)5-4-8-21-19(20-3)22-9-10-23-17(24)15-13-6-7-14(11-13)16(15)18(23)25;/h6-7,12-16H,4-5,8-11H2,1-3H3,(H2,20,21,22);1H. The molecule has 3 rings (SSSR count). The van der Waals surface area contributed by atoms with Crippen LogP contribution in [0.4, 0.5) is 0 Å². The van der Waals surface area contributed by atoms with Crippen molar-refractivity contribution in [2.24, 2.45) is 34.6 Å². The van der Waals surface area contributed by atoms with Gasteiger partial charge in [0.25, 0.3) is 0 Å². The minimum Gasteiger partial charge on any atom is -0.356 e. The summed E-state index contributed by atoms with van der Waals surface area (Å²) in [6, 6.07) is 0. The first-order chi connectivity index (χ1) is 12.0. The number of halogens is 1. The average molecular weight is 474 g/mol. The topological polar surface area (TPSA) is 73.8 Å². The largest absolute Gasteiger partial charge is 0.356 e. The van der Waals surface area contributed by atoms with Crippen molar-refractivity contribution in [1.82, 2.24) is 15.5 Å². The van der Waals surface area contributed by atoms with Crippen molar-refractivity contribution in [1.29, 1.82) is 0 Å². The monoisotopic (exact) mass is 474 g/mol. The minimum absolute atomic E-state index is 0. The lowest BCUT2D eigenvalue weighted by atomic mass is 9.85. The van der Waals surface area contributed by atoms with Crippen molar-refractivity contribution >= 4 is 41.8 Å². The Bertz CT molecular complexity index is 560. The number of carbonyl (C=O) groups is 2. The summed E-state index contributed by atoms with van der Waals surface area (Å²) in [5.74, 6) is 1.83. The van der Waals surface area contributed by atoms with Gasteiger partial charge in [0.1, 0.15) is 0 Å². The molecule has 1 heterocycles. The molecule has 1 saturated heterocycles. The van der Waals surface area contributed by atoms with Gasteiger partial charge in [0.05, 0.1) is 11.8 Å². The van der Waals surface area contributed by atoms with E-state index in [9.17, 15) is 9.59 Å². The fraction of sp³-hybridized carbons (Fsp3) is 0.737. The second kappa shape index (κ2) is 9.19. The summed E-state index contributed by atoms with van der Waals surface area (Å²) in [5, 5.41) is 6.48. The summed E-state index contributed by atoms with van der Waals surface area (Å²) in [4.78, 5) is 30.9. The lowest BCUT2D eigenvalue weighted by Crippen LogP contribution is -2.43. The number of amides is 2. The van der Waals surface area contributed by atoms with E-state index in [0.717, 1.165) is 25.3 Å². The van der Waals surface area contributed by atoms with Gasteiger partial charge < -0.3 is 10.6 Å². The number of hydrogen-bond acceptors (Lipinski definition) is 3. The van der Waals surface area contributed by atoms with E-state index in [-0.39, 0.29) is 59.5 Å². The van der Waals surface area contributed by atoms with E-state index in [4.69, 9.17) is 0 Å². The third-order valence-corrected chi connectivity index (χ3v) is 5.66. The van der Waals surface area contributed by atoms with Crippen LogP contribution in [0, 0.1) is 29.6 Å². The number of rotatable bonds is 7. The summed E-state index contributed by atoms with van der Waals surface area (Å²) in [5.41, 5.74) is 0. The van der Waals surface area contributed by atoms with E-state index in [2.05, 4.69) is 41.6 Å². The van der Waals surface area contributed by atoms with E-state index >= 15 is 0 Å². The smallest absolute Gasteiger partial charge is 0.233 e. The van der Waals surface area contributed by atoms with Gasteiger partial charge in [-0.25, -0.2) is 0 Å². The SMILES string of the molecule is CN=C(NCCCC(C)C)NCCN1C(=O)C2C3C=CC(C3)C2C1=O.I. The molecule has 2 bridgehead atoms. The third kappa shape index (κ3) is 4.23. The first-order valence-corrected chi connectivity index (χ1v) is 9.51. The molecule has 2 amide bonds. The maximum absolute atomic E-state index is 12.6. The molecular weight excluding hydrogens is 443 g/mol. The van der Waals surface area contributed by atoms with E-state index in [1.54, 1.807) is 7.05 Å². The zero-order valence-corrected chi connectivity index (χ0v) is 18.2. The highest BCUT2D eigenvalue weighted by Gasteiger charge is 2.58. The van der Waals surface area contributed by atoms with Gasteiger partial charge in [0.15, 0.2) is 5.96 Å². The molecule has 2 N–H and O–H groups in total. The van der Waals surface area contributed by atoms with Crippen molar-refractivity contribution < 1.29 is 9.59 Å². The van der Waals surface area contributed by atoms with Crippen LogP contribution < -0.4 is 10.6 Å². The Hall–Kier alpha value is -1.12. The molecule has 0 aromatic heterocycles. The normalized spacial score (nSPS) is 29.4. The number of carbonyl (C=O) groups excluding carboxylic acids is 2. The average Bonchev–Trinajstić information content (AvgIpc) is 3.25. The number of nitrogens with zero attached hydrogens (tertiary/aromatic N) is 2. The highest BCUT2D eigenvalue weighted by Crippen LogP contribution is 2.52. The molecule has 2 aliphatic carbocycles. The summed E-state index contributed by atoms with van der Waals surface area (Å²) in [6.45, 7) is 6.25. The number of allylic oxidation sites excluding steroid dienone is 2. The van der Waals surface area contributed by atoms with Crippen LogP contribution in [0.25, 0.3) is 0 Å². The Morgan fingerprint density at radius 3 is 2.27 bits per heavy atom. The first kappa shape index (κ1) is 21.2. The number of nitrogens with one attached hydrogen (secondary N) is 2. The van der Waals surface area contributed by atoms with Gasteiger partial charge in [-0.1, -0.05) is 26.0 Å². The van der Waals surface area contributed by atoms with Gasteiger partial charge in [-0.05, 0) is 37.0 Å². The maximum atomic E-state index is 12.6. The zero-order valence-electron chi connectivity index (χ0n) is 15.9. The Kier molecular flexibility index (Phi) is 7.49. The van der Waals surface area contributed by atoms with Crippen LogP contribution >= 0.6 is 24.0 Å². The molecule has 3 aliphatic rings. The molecule has 7 heteroatoms. The highest BCUT2D eigenvalue weighted by molar-refractivity contribution is 14.0. The maximum Gasteiger partial charge on any atom is 0.233 e. The molecule has 0 spiro atoms. The molecule has 4 unspecified atom stereocenters. The van der Waals surface area contributed by atoms with Crippen LogP contribution in [0.2, 0.25) is 0 Å². The van der Waals surface area contributed by atoms with Gasteiger partial charge in [0, 0.05) is 26.7 Å². The van der Waals surface area contributed by atoms with Crippen LogP contribution in [-0.4, -0.2) is 49.4 Å².